The summed E-state index contributed by atoms with van der Waals surface area (Å²) in [5, 5.41) is 21.9. The van der Waals surface area contributed by atoms with Gasteiger partial charge in [0.25, 0.3) is 0 Å². The van der Waals surface area contributed by atoms with Crippen molar-refractivity contribution in [1.29, 1.82) is 10.5 Å². The van der Waals surface area contributed by atoms with E-state index in [1.807, 2.05) is 24.3 Å². The van der Waals surface area contributed by atoms with Crippen LogP contribution in [0.5, 0.6) is 5.75 Å². The minimum absolute atomic E-state index is 0.536. The largest absolute Gasteiger partial charge is 0.490 e. The maximum absolute atomic E-state index is 9.53. The number of piperidine rings is 1. The van der Waals surface area contributed by atoms with E-state index in [0.29, 0.717) is 35.9 Å². The molecule has 28 heavy (non-hydrogen) atoms. The Kier molecular flexibility index (Phi) is 5.53. The molecule has 0 bridgehead atoms. The van der Waals surface area contributed by atoms with Crippen molar-refractivity contribution in [2.45, 2.75) is 32.5 Å². The van der Waals surface area contributed by atoms with Crippen LogP contribution in [-0.2, 0) is 19.6 Å². The van der Waals surface area contributed by atoms with E-state index in [2.05, 4.69) is 27.3 Å². The summed E-state index contributed by atoms with van der Waals surface area (Å²) in [7, 11) is 0. The Morgan fingerprint density at radius 3 is 2.71 bits per heavy atom. The van der Waals surface area contributed by atoms with Gasteiger partial charge in [-0.2, -0.15) is 10.5 Å². The Morgan fingerprint density at radius 2 is 1.93 bits per heavy atom. The fraction of sp³-hybridized carbons (Fsp3) is 0.409. The number of aromatic nitrogens is 1. The van der Waals surface area contributed by atoms with Crippen LogP contribution in [0, 0.1) is 28.6 Å². The van der Waals surface area contributed by atoms with Crippen molar-refractivity contribution in [2.24, 2.45) is 5.92 Å². The maximum atomic E-state index is 9.53. The summed E-state index contributed by atoms with van der Waals surface area (Å²) in [5.74, 6) is 1.11. The Balaban J connectivity index is 1.39. The highest BCUT2D eigenvalue weighted by Crippen LogP contribution is 2.26. The quantitative estimate of drug-likeness (QED) is 0.867. The Labute approximate surface area is 165 Å². The number of fused-ring (bicyclic) bond motifs is 1. The summed E-state index contributed by atoms with van der Waals surface area (Å²) in [4.78, 5) is 6.80. The highest BCUT2D eigenvalue weighted by atomic mass is 16.5. The van der Waals surface area contributed by atoms with Crippen LogP contribution in [0.3, 0.4) is 0 Å². The molecule has 2 aliphatic heterocycles. The number of benzene rings is 1. The lowest BCUT2D eigenvalue weighted by Gasteiger charge is -2.23. The second-order valence-electron chi connectivity index (χ2n) is 7.53. The molecule has 1 N–H and O–H groups in total. The Bertz CT molecular complexity index is 937. The van der Waals surface area contributed by atoms with Gasteiger partial charge < -0.3 is 10.1 Å². The number of nitriles is 2. The van der Waals surface area contributed by atoms with Gasteiger partial charge >= 0.3 is 0 Å². The highest BCUT2D eigenvalue weighted by Gasteiger charge is 2.20. The lowest BCUT2D eigenvalue weighted by atomic mass is 9.99. The van der Waals surface area contributed by atoms with Crippen molar-refractivity contribution >= 4 is 0 Å². The van der Waals surface area contributed by atoms with Crippen molar-refractivity contribution < 1.29 is 4.74 Å². The summed E-state index contributed by atoms with van der Waals surface area (Å²) in [6, 6.07) is 12.1. The van der Waals surface area contributed by atoms with Gasteiger partial charge in [-0.15, -0.1) is 0 Å². The first-order chi connectivity index (χ1) is 13.7. The van der Waals surface area contributed by atoms with E-state index in [0.717, 1.165) is 44.7 Å². The van der Waals surface area contributed by atoms with Gasteiger partial charge in [-0.1, -0.05) is 6.07 Å². The van der Waals surface area contributed by atoms with Crippen LogP contribution in [0.1, 0.15) is 40.8 Å². The number of nitrogens with zero attached hydrogens (tertiary/aromatic N) is 4. The Hall–Kier alpha value is -2.93. The van der Waals surface area contributed by atoms with Crippen molar-refractivity contribution in [2.75, 3.05) is 19.7 Å². The van der Waals surface area contributed by atoms with Crippen LogP contribution in [0.25, 0.3) is 0 Å². The predicted octanol–water partition coefficient (Wildman–Crippen LogP) is 2.72. The predicted molar refractivity (Wildman–Crippen MR) is 104 cm³/mol. The molecule has 0 atom stereocenters. The van der Waals surface area contributed by atoms with Gasteiger partial charge in [0.15, 0.2) is 5.75 Å². The third-order valence-electron chi connectivity index (χ3n) is 5.49. The number of rotatable bonds is 5. The molecule has 142 valence electrons. The van der Waals surface area contributed by atoms with E-state index in [1.54, 1.807) is 6.20 Å². The molecule has 0 saturated carbocycles. The summed E-state index contributed by atoms with van der Waals surface area (Å²) in [6.45, 7) is 5.00. The molecule has 0 amide bonds. The van der Waals surface area contributed by atoms with Gasteiger partial charge in [0.05, 0.1) is 35.7 Å². The first-order valence-electron chi connectivity index (χ1n) is 9.72. The zero-order valence-corrected chi connectivity index (χ0v) is 15.8. The molecule has 3 heterocycles. The summed E-state index contributed by atoms with van der Waals surface area (Å²) < 4.78 is 5.91. The minimum Gasteiger partial charge on any atom is -0.490 e. The Morgan fingerprint density at radius 1 is 1.11 bits per heavy atom. The monoisotopic (exact) mass is 373 g/mol. The molecule has 1 fully saturated rings. The molecule has 2 aliphatic rings. The zero-order chi connectivity index (χ0) is 19.3. The van der Waals surface area contributed by atoms with Crippen molar-refractivity contribution in [3.05, 3.63) is 58.4 Å². The zero-order valence-electron chi connectivity index (χ0n) is 15.8. The lowest BCUT2D eigenvalue weighted by molar-refractivity contribution is 0.214. The van der Waals surface area contributed by atoms with Crippen LogP contribution in [0.2, 0.25) is 0 Å². The maximum Gasteiger partial charge on any atom is 0.155 e. The summed E-state index contributed by atoms with van der Waals surface area (Å²) >= 11 is 0. The number of ether oxygens (including phenoxy) is 1. The van der Waals surface area contributed by atoms with E-state index in [4.69, 9.17) is 10.00 Å². The number of hydrogen-bond acceptors (Lipinski definition) is 6. The molecule has 6 heteroatoms. The van der Waals surface area contributed by atoms with Gasteiger partial charge in [0.1, 0.15) is 6.07 Å². The first-order valence-corrected chi connectivity index (χ1v) is 9.72. The SMILES string of the molecule is N#Cc1ccc2c(c1)CN(Cc1cc(C#N)c(OCC3CCNCC3)cn1)C2. The second-order valence-corrected chi connectivity index (χ2v) is 7.53. The molecule has 1 aromatic carbocycles. The van der Waals surface area contributed by atoms with Crippen LogP contribution in [0.15, 0.2) is 30.5 Å². The molecule has 4 rings (SSSR count). The van der Waals surface area contributed by atoms with Crippen LogP contribution in [-0.4, -0.2) is 29.6 Å². The van der Waals surface area contributed by atoms with Crippen molar-refractivity contribution in [3.8, 4) is 17.9 Å². The van der Waals surface area contributed by atoms with Gasteiger partial charge in [-0.05, 0) is 61.2 Å². The molecular formula is C22H23N5O. The first kappa shape index (κ1) is 18.4. The molecule has 0 spiro atoms. The normalized spacial score (nSPS) is 16.9. The second kappa shape index (κ2) is 8.39. The van der Waals surface area contributed by atoms with E-state index >= 15 is 0 Å². The third kappa shape index (κ3) is 4.14. The molecule has 1 saturated heterocycles. The fourth-order valence-electron chi connectivity index (χ4n) is 3.91. The number of pyridine rings is 1. The number of nitrogens with one attached hydrogen (secondary N) is 1. The molecule has 6 nitrogen and oxygen atoms in total. The van der Waals surface area contributed by atoms with Crippen LogP contribution < -0.4 is 10.1 Å². The summed E-state index contributed by atoms with van der Waals surface area (Å²) in [6.07, 6.45) is 3.90. The van der Waals surface area contributed by atoms with E-state index in [-0.39, 0.29) is 0 Å². The standard InChI is InChI=1S/C22H23N5O/c23-9-17-1-2-18-12-27(13-20(18)7-17)14-21-8-19(10-24)22(11-26-21)28-15-16-3-5-25-6-4-16/h1-2,7-8,11,16,25H,3-6,12-15H2. The molecule has 2 aromatic rings. The van der Waals surface area contributed by atoms with E-state index in [9.17, 15) is 5.26 Å². The molecular weight excluding hydrogens is 350 g/mol. The van der Waals surface area contributed by atoms with Crippen LogP contribution in [0.4, 0.5) is 0 Å². The van der Waals surface area contributed by atoms with E-state index < -0.39 is 0 Å². The fourth-order valence-corrected chi connectivity index (χ4v) is 3.91. The molecule has 0 aliphatic carbocycles. The van der Waals surface area contributed by atoms with Gasteiger partial charge in [-0.3, -0.25) is 9.88 Å². The average Bonchev–Trinajstić information content (AvgIpc) is 3.14. The number of hydrogen-bond donors (Lipinski definition) is 1. The minimum atomic E-state index is 0.536. The smallest absolute Gasteiger partial charge is 0.155 e. The third-order valence-corrected chi connectivity index (χ3v) is 5.49. The molecule has 1 aromatic heterocycles. The topological polar surface area (TPSA) is 85.0 Å². The lowest BCUT2D eigenvalue weighted by Crippen LogP contribution is -2.30. The van der Waals surface area contributed by atoms with Gasteiger partial charge in [0, 0.05) is 19.6 Å². The average molecular weight is 373 g/mol. The summed E-state index contributed by atoms with van der Waals surface area (Å²) in [5.41, 5.74) is 4.55. The highest BCUT2D eigenvalue weighted by molar-refractivity contribution is 5.43. The van der Waals surface area contributed by atoms with Gasteiger partial charge in [-0.25, -0.2) is 0 Å². The van der Waals surface area contributed by atoms with Gasteiger partial charge in [0.2, 0.25) is 0 Å². The van der Waals surface area contributed by atoms with Crippen molar-refractivity contribution in [3.63, 3.8) is 0 Å². The van der Waals surface area contributed by atoms with Crippen molar-refractivity contribution in [1.82, 2.24) is 15.2 Å². The molecule has 0 unspecified atom stereocenters. The van der Waals surface area contributed by atoms with E-state index in [1.165, 1.54) is 11.1 Å². The molecule has 0 radical (unpaired) electrons. The van der Waals surface area contributed by atoms with Crippen LogP contribution >= 0.6 is 0 Å².